The van der Waals surface area contributed by atoms with E-state index in [4.69, 9.17) is 0 Å². The summed E-state index contributed by atoms with van der Waals surface area (Å²) in [5.41, 5.74) is 3.59. The fourth-order valence-corrected chi connectivity index (χ4v) is 5.30. The molecule has 1 amide bonds. The SMILES string of the molecule is C[C@@H]1C/C(=N\NC(=O)C[C@H]2CCS(=O)(=O)C2)c2c(O)ccc(F)c21. The normalized spacial score (nSPS) is 26.5. The lowest BCUT2D eigenvalue weighted by atomic mass is 10.0. The molecular weight excluding hydrogens is 335 g/mol. The number of amides is 1. The number of hydrazone groups is 1. The maximum Gasteiger partial charge on any atom is 0.240 e. The summed E-state index contributed by atoms with van der Waals surface area (Å²) >= 11 is 0. The minimum absolute atomic E-state index is 0.0306. The number of halogens is 1. The Balaban J connectivity index is 1.71. The van der Waals surface area contributed by atoms with Crippen molar-refractivity contribution in [3.05, 3.63) is 29.1 Å². The highest BCUT2D eigenvalue weighted by Crippen LogP contribution is 2.39. The molecule has 0 spiro atoms. The number of nitrogens with zero attached hydrogens (tertiary/aromatic N) is 1. The summed E-state index contributed by atoms with van der Waals surface area (Å²) in [5.74, 6) is -1.01. The van der Waals surface area contributed by atoms with Gasteiger partial charge in [-0.1, -0.05) is 6.92 Å². The summed E-state index contributed by atoms with van der Waals surface area (Å²) in [4.78, 5) is 12.0. The van der Waals surface area contributed by atoms with E-state index in [9.17, 15) is 22.7 Å². The van der Waals surface area contributed by atoms with E-state index < -0.39 is 15.7 Å². The predicted octanol–water partition coefficient (Wildman–Crippen LogP) is 1.68. The first-order valence-electron chi connectivity index (χ1n) is 7.84. The van der Waals surface area contributed by atoms with Crippen molar-refractivity contribution < 1.29 is 22.7 Å². The van der Waals surface area contributed by atoms with Crippen molar-refractivity contribution in [2.45, 2.75) is 32.1 Å². The minimum Gasteiger partial charge on any atom is -0.507 e. The van der Waals surface area contributed by atoms with Gasteiger partial charge in [0.15, 0.2) is 9.84 Å². The van der Waals surface area contributed by atoms with E-state index in [-0.39, 0.29) is 41.4 Å². The Kier molecular flexibility index (Phi) is 4.33. The number of carbonyl (C=O) groups excluding carboxylic acids is 1. The molecule has 1 aliphatic heterocycles. The third-order valence-electron chi connectivity index (χ3n) is 4.57. The van der Waals surface area contributed by atoms with Gasteiger partial charge >= 0.3 is 0 Å². The number of fused-ring (bicyclic) bond motifs is 1. The van der Waals surface area contributed by atoms with Crippen LogP contribution in [0, 0.1) is 11.7 Å². The quantitative estimate of drug-likeness (QED) is 0.807. The molecule has 130 valence electrons. The molecule has 0 bridgehead atoms. The monoisotopic (exact) mass is 354 g/mol. The van der Waals surface area contributed by atoms with E-state index in [1.165, 1.54) is 12.1 Å². The average Bonchev–Trinajstić information content (AvgIpc) is 3.01. The summed E-state index contributed by atoms with van der Waals surface area (Å²) in [7, 11) is -3.02. The van der Waals surface area contributed by atoms with Gasteiger partial charge in [0, 0.05) is 17.5 Å². The van der Waals surface area contributed by atoms with Crippen LogP contribution in [0.4, 0.5) is 4.39 Å². The fourth-order valence-electron chi connectivity index (χ4n) is 3.43. The Morgan fingerprint density at radius 3 is 2.88 bits per heavy atom. The average molecular weight is 354 g/mol. The Morgan fingerprint density at radius 1 is 1.46 bits per heavy atom. The molecule has 3 rings (SSSR count). The molecule has 24 heavy (non-hydrogen) atoms. The van der Waals surface area contributed by atoms with Crippen LogP contribution < -0.4 is 5.43 Å². The van der Waals surface area contributed by atoms with Gasteiger partial charge in [-0.3, -0.25) is 4.79 Å². The van der Waals surface area contributed by atoms with Crippen LogP contribution >= 0.6 is 0 Å². The van der Waals surface area contributed by atoms with E-state index in [1.54, 1.807) is 0 Å². The van der Waals surface area contributed by atoms with Gasteiger partial charge in [0.2, 0.25) is 5.91 Å². The molecule has 6 nitrogen and oxygen atoms in total. The lowest BCUT2D eigenvalue weighted by Crippen LogP contribution is -2.23. The number of carbonyl (C=O) groups is 1. The standard InChI is InChI=1S/C16H19FN2O4S/c1-9-6-12(16-13(20)3-2-11(17)15(9)16)18-19-14(21)7-10-4-5-24(22,23)8-10/h2-3,9-10,20H,4-8H2,1H3,(H,19,21)/b18-12+/t9-,10-/m1/s1. The molecule has 8 heteroatoms. The van der Waals surface area contributed by atoms with Crippen LogP contribution in [0.5, 0.6) is 5.75 Å². The molecule has 0 aromatic heterocycles. The van der Waals surface area contributed by atoms with Crippen LogP contribution in [-0.2, 0) is 14.6 Å². The van der Waals surface area contributed by atoms with E-state index in [1.807, 2.05) is 6.92 Å². The van der Waals surface area contributed by atoms with E-state index >= 15 is 0 Å². The molecule has 0 saturated carbocycles. The lowest BCUT2D eigenvalue weighted by molar-refractivity contribution is -0.121. The highest BCUT2D eigenvalue weighted by Gasteiger charge is 2.32. The first-order valence-corrected chi connectivity index (χ1v) is 9.66. The van der Waals surface area contributed by atoms with Crippen molar-refractivity contribution in [1.82, 2.24) is 5.43 Å². The van der Waals surface area contributed by atoms with Gasteiger partial charge < -0.3 is 5.11 Å². The Hall–Kier alpha value is -1.96. The second kappa shape index (κ2) is 6.16. The summed E-state index contributed by atoms with van der Waals surface area (Å²) in [6.07, 6.45) is 0.994. The number of sulfone groups is 1. The van der Waals surface area contributed by atoms with Crippen LogP contribution in [0.3, 0.4) is 0 Å². The first kappa shape index (κ1) is 16.9. The van der Waals surface area contributed by atoms with Crippen molar-refractivity contribution in [2.24, 2.45) is 11.0 Å². The Labute approximate surface area is 139 Å². The van der Waals surface area contributed by atoms with Gasteiger partial charge in [0.25, 0.3) is 0 Å². The number of phenolic OH excluding ortho intramolecular Hbond substituents is 1. The predicted molar refractivity (Wildman–Crippen MR) is 87.2 cm³/mol. The van der Waals surface area contributed by atoms with Gasteiger partial charge in [0.05, 0.1) is 17.2 Å². The highest BCUT2D eigenvalue weighted by molar-refractivity contribution is 7.91. The largest absolute Gasteiger partial charge is 0.507 e. The zero-order chi connectivity index (χ0) is 17.5. The topological polar surface area (TPSA) is 95.8 Å². The molecule has 2 aliphatic rings. The Morgan fingerprint density at radius 2 is 2.21 bits per heavy atom. The second-order valence-corrected chi connectivity index (χ2v) is 8.76. The molecule has 1 aromatic carbocycles. The van der Waals surface area contributed by atoms with Crippen LogP contribution in [0.15, 0.2) is 17.2 Å². The summed E-state index contributed by atoms with van der Waals surface area (Å²) in [6, 6.07) is 2.49. The van der Waals surface area contributed by atoms with E-state index in [2.05, 4.69) is 10.5 Å². The maximum atomic E-state index is 13.9. The molecule has 0 radical (unpaired) electrons. The van der Waals surface area contributed by atoms with E-state index in [0.29, 0.717) is 29.7 Å². The third kappa shape index (κ3) is 3.28. The molecular formula is C16H19FN2O4S. The summed E-state index contributed by atoms with van der Waals surface area (Å²) in [6.45, 7) is 1.83. The van der Waals surface area contributed by atoms with E-state index in [0.717, 1.165) is 0 Å². The number of benzene rings is 1. The molecule has 0 unspecified atom stereocenters. The summed E-state index contributed by atoms with van der Waals surface area (Å²) in [5, 5.41) is 14.0. The maximum absolute atomic E-state index is 13.9. The zero-order valence-electron chi connectivity index (χ0n) is 13.3. The summed E-state index contributed by atoms with van der Waals surface area (Å²) < 4.78 is 36.7. The fraction of sp³-hybridized carbons (Fsp3) is 0.500. The van der Waals surface area contributed by atoms with Crippen LogP contribution in [0.25, 0.3) is 0 Å². The van der Waals surface area contributed by atoms with Gasteiger partial charge in [-0.05, 0) is 36.8 Å². The molecule has 1 aliphatic carbocycles. The van der Waals surface area contributed by atoms with Crippen molar-refractivity contribution in [1.29, 1.82) is 0 Å². The van der Waals surface area contributed by atoms with Crippen molar-refractivity contribution in [3.63, 3.8) is 0 Å². The highest BCUT2D eigenvalue weighted by atomic mass is 32.2. The van der Waals surface area contributed by atoms with Gasteiger partial charge in [-0.25, -0.2) is 18.2 Å². The lowest BCUT2D eigenvalue weighted by Gasteiger charge is -2.07. The van der Waals surface area contributed by atoms with Crippen molar-refractivity contribution in [2.75, 3.05) is 11.5 Å². The van der Waals surface area contributed by atoms with Crippen LogP contribution in [0.2, 0.25) is 0 Å². The van der Waals surface area contributed by atoms with Crippen LogP contribution in [0.1, 0.15) is 43.2 Å². The number of nitrogens with one attached hydrogen (secondary N) is 1. The number of aromatic hydroxyl groups is 1. The minimum atomic E-state index is -3.02. The number of phenols is 1. The Bertz CT molecular complexity index is 820. The van der Waals surface area contributed by atoms with Crippen molar-refractivity contribution in [3.8, 4) is 5.75 Å². The van der Waals surface area contributed by atoms with Gasteiger partial charge in [-0.2, -0.15) is 5.10 Å². The first-order chi connectivity index (χ1) is 11.3. The number of hydrogen-bond donors (Lipinski definition) is 2. The number of rotatable bonds is 3. The smallest absolute Gasteiger partial charge is 0.240 e. The molecule has 2 atom stereocenters. The van der Waals surface area contributed by atoms with Gasteiger partial charge in [0.1, 0.15) is 11.6 Å². The molecule has 1 aromatic rings. The molecule has 1 heterocycles. The third-order valence-corrected chi connectivity index (χ3v) is 6.40. The van der Waals surface area contributed by atoms with Crippen molar-refractivity contribution >= 4 is 21.5 Å². The second-order valence-electron chi connectivity index (χ2n) is 6.53. The zero-order valence-corrected chi connectivity index (χ0v) is 14.1. The van der Waals surface area contributed by atoms with Crippen LogP contribution in [-0.4, -0.2) is 36.6 Å². The van der Waals surface area contributed by atoms with Gasteiger partial charge in [-0.15, -0.1) is 0 Å². The number of hydrogen-bond acceptors (Lipinski definition) is 5. The molecule has 2 N–H and O–H groups in total. The molecule has 1 saturated heterocycles. The molecule has 1 fully saturated rings.